The van der Waals surface area contributed by atoms with Crippen molar-refractivity contribution in [2.24, 2.45) is 0 Å². The Balaban J connectivity index is 1.76. The summed E-state index contributed by atoms with van der Waals surface area (Å²) in [4.78, 5) is 14.1. The minimum absolute atomic E-state index is 0.113. The number of carbonyl (C=O) groups excluding carboxylic acids is 1. The van der Waals surface area contributed by atoms with Crippen LogP contribution in [0.4, 0.5) is 5.69 Å². The van der Waals surface area contributed by atoms with E-state index in [4.69, 9.17) is 0 Å². The summed E-state index contributed by atoms with van der Waals surface area (Å²) in [7, 11) is 0. The lowest BCUT2D eigenvalue weighted by Gasteiger charge is -2.14. The van der Waals surface area contributed by atoms with Crippen molar-refractivity contribution in [2.45, 2.75) is 26.2 Å². The van der Waals surface area contributed by atoms with Crippen molar-refractivity contribution in [2.75, 3.05) is 25.0 Å². The lowest BCUT2D eigenvalue weighted by Crippen LogP contribution is -2.25. The van der Waals surface area contributed by atoms with Crippen LogP contribution < -0.4 is 5.32 Å². The van der Waals surface area contributed by atoms with Crippen molar-refractivity contribution in [3.05, 3.63) is 29.8 Å². The van der Waals surface area contributed by atoms with E-state index in [9.17, 15) is 4.79 Å². The lowest BCUT2D eigenvalue weighted by atomic mass is 10.2. The second-order valence-electron chi connectivity index (χ2n) is 4.72. The molecule has 1 aromatic rings. The molecule has 17 heavy (non-hydrogen) atoms. The van der Waals surface area contributed by atoms with Crippen molar-refractivity contribution in [3.63, 3.8) is 0 Å². The van der Waals surface area contributed by atoms with E-state index >= 15 is 0 Å². The number of hydrogen-bond acceptors (Lipinski definition) is 2. The van der Waals surface area contributed by atoms with Crippen LogP contribution in [0.15, 0.2) is 24.3 Å². The topological polar surface area (TPSA) is 32.3 Å². The van der Waals surface area contributed by atoms with Crippen molar-refractivity contribution in [3.8, 4) is 0 Å². The second-order valence-corrected chi connectivity index (χ2v) is 4.72. The van der Waals surface area contributed by atoms with Crippen LogP contribution in [0.2, 0.25) is 0 Å². The van der Waals surface area contributed by atoms with Gasteiger partial charge in [-0.1, -0.05) is 12.1 Å². The third-order valence-corrected chi connectivity index (χ3v) is 3.16. The number of nitrogens with one attached hydrogen (secondary N) is 1. The van der Waals surface area contributed by atoms with Gasteiger partial charge in [0.25, 0.3) is 0 Å². The number of benzene rings is 1. The Bertz CT molecular complexity index is 384. The summed E-state index contributed by atoms with van der Waals surface area (Å²) in [5.41, 5.74) is 2.07. The standard InChI is InChI=1S/C14H20N2O/c1-12-5-4-6-13(11-12)15-14(17)7-10-16-8-2-3-9-16/h4-6,11H,2-3,7-10H2,1H3,(H,15,17). The molecule has 1 aliphatic rings. The van der Waals surface area contributed by atoms with Crippen molar-refractivity contribution in [1.29, 1.82) is 0 Å². The molecule has 2 rings (SSSR count). The van der Waals surface area contributed by atoms with Gasteiger partial charge in [-0.2, -0.15) is 0 Å². The van der Waals surface area contributed by atoms with Crippen molar-refractivity contribution >= 4 is 11.6 Å². The van der Waals surface area contributed by atoms with Gasteiger partial charge in [-0.3, -0.25) is 4.79 Å². The van der Waals surface area contributed by atoms with Gasteiger partial charge >= 0.3 is 0 Å². The number of aryl methyl sites for hydroxylation is 1. The largest absolute Gasteiger partial charge is 0.326 e. The van der Waals surface area contributed by atoms with Crippen LogP contribution in [0.3, 0.4) is 0 Å². The average Bonchev–Trinajstić information content (AvgIpc) is 2.79. The molecule has 1 amide bonds. The van der Waals surface area contributed by atoms with Gasteiger partial charge in [0.15, 0.2) is 0 Å². The van der Waals surface area contributed by atoms with Crippen LogP contribution in [-0.4, -0.2) is 30.4 Å². The van der Waals surface area contributed by atoms with Crippen molar-refractivity contribution in [1.82, 2.24) is 4.90 Å². The fourth-order valence-corrected chi connectivity index (χ4v) is 2.21. The smallest absolute Gasteiger partial charge is 0.225 e. The van der Waals surface area contributed by atoms with Crippen LogP contribution in [0, 0.1) is 6.92 Å². The molecule has 0 bridgehead atoms. The number of hydrogen-bond donors (Lipinski definition) is 1. The second kappa shape index (κ2) is 5.82. The highest BCUT2D eigenvalue weighted by molar-refractivity contribution is 5.90. The van der Waals surface area contributed by atoms with Gasteiger partial charge in [-0.15, -0.1) is 0 Å². The maximum Gasteiger partial charge on any atom is 0.225 e. The van der Waals surface area contributed by atoms with Crippen LogP contribution in [-0.2, 0) is 4.79 Å². The predicted molar refractivity (Wildman–Crippen MR) is 70.1 cm³/mol. The molecule has 0 saturated carbocycles. The quantitative estimate of drug-likeness (QED) is 0.864. The Morgan fingerprint density at radius 2 is 2.12 bits per heavy atom. The molecule has 1 aromatic carbocycles. The highest BCUT2D eigenvalue weighted by Gasteiger charge is 2.12. The van der Waals surface area contributed by atoms with E-state index in [1.165, 1.54) is 18.4 Å². The number of nitrogens with zero attached hydrogens (tertiary/aromatic N) is 1. The highest BCUT2D eigenvalue weighted by atomic mass is 16.1. The third-order valence-electron chi connectivity index (χ3n) is 3.16. The van der Waals surface area contributed by atoms with Gasteiger partial charge in [-0.25, -0.2) is 0 Å². The Hall–Kier alpha value is -1.35. The summed E-state index contributed by atoms with van der Waals surface area (Å²) >= 11 is 0. The Morgan fingerprint density at radius 3 is 2.82 bits per heavy atom. The van der Waals surface area contributed by atoms with E-state index in [2.05, 4.69) is 10.2 Å². The molecule has 0 radical (unpaired) electrons. The normalized spacial score (nSPS) is 16.1. The van der Waals surface area contributed by atoms with Gasteiger partial charge in [0.1, 0.15) is 0 Å². The summed E-state index contributed by atoms with van der Waals surface area (Å²) in [6.07, 6.45) is 3.15. The molecule has 1 aliphatic heterocycles. The molecule has 0 spiro atoms. The molecule has 3 nitrogen and oxygen atoms in total. The fourth-order valence-electron chi connectivity index (χ4n) is 2.21. The average molecular weight is 232 g/mol. The van der Waals surface area contributed by atoms with Crippen LogP contribution >= 0.6 is 0 Å². The van der Waals surface area contributed by atoms with Crippen molar-refractivity contribution < 1.29 is 4.79 Å². The minimum atomic E-state index is 0.113. The van der Waals surface area contributed by atoms with Gasteiger partial charge in [0.05, 0.1) is 0 Å². The van der Waals surface area contributed by atoms with E-state index in [1.807, 2.05) is 31.2 Å². The zero-order valence-electron chi connectivity index (χ0n) is 10.4. The van der Waals surface area contributed by atoms with Crippen LogP contribution in [0.1, 0.15) is 24.8 Å². The van der Waals surface area contributed by atoms with E-state index in [-0.39, 0.29) is 5.91 Å². The Labute approximate surface area is 103 Å². The van der Waals surface area contributed by atoms with E-state index < -0.39 is 0 Å². The van der Waals surface area contributed by atoms with E-state index in [0.717, 1.165) is 25.3 Å². The van der Waals surface area contributed by atoms with Gasteiger partial charge in [-0.05, 0) is 50.6 Å². The SMILES string of the molecule is Cc1cccc(NC(=O)CCN2CCCC2)c1. The molecule has 0 unspecified atom stereocenters. The number of amides is 1. The van der Waals surface area contributed by atoms with Gasteiger partial charge in [0, 0.05) is 18.7 Å². The molecule has 1 N–H and O–H groups in total. The fraction of sp³-hybridized carbons (Fsp3) is 0.500. The molecule has 0 aliphatic carbocycles. The summed E-state index contributed by atoms with van der Waals surface area (Å²) < 4.78 is 0. The van der Waals surface area contributed by atoms with Gasteiger partial charge in [0.2, 0.25) is 5.91 Å². The molecule has 0 atom stereocenters. The first-order chi connectivity index (χ1) is 8.24. The molecular weight excluding hydrogens is 212 g/mol. The summed E-state index contributed by atoms with van der Waals surface area (Å²) in [5.74, 6) is 0.113. The number of rotatable bonds is 4. The monoisotopic (exact) mass is 232 g/mol. The summed E-state index contributed by atoms with van der Waals surface area (Å²) in [6.45, 7) is 5.22. The first-order valence-electron chi connectivity index (χ1n) is 6.33. The number of carbonyl (C=O) groups is 1. The zero-order chi connectivity index (χ0) is 12.1. The molecule has 1 heterocycles. The predicted octanol–water partition coefficient (Wildman–Crippen LogP) is 2.42. The molecule has 3 heteroatoms. The zero-order valence-corrected chi connectivity index (χ0v) is 10.4. The third kappa shape index (κ3) is 3.86. The molecular formula is C14H20N2O. The molecule has 92 valence electrons. The number of anilines is 1. The Morgan fingerprint density at radius 1 is 1.35 bits per heavy atom. The van der Waals surface area contributed by atoms with Crippen LogP contribution in [0.5, 0.6) is 0 Å². The molecule has 0 aromatic heterocycles. The number of likely N-dealkylation sites (tertiary alicyclic amines) is 1. The first kappa shape index (κ1) is 12.1. The first-order valence-corrected chi connectivity index (χ1v) is 6.33. The van der Waals surface area contributed by atoms with Crippen LogP contribution in [0.25, 0.3) is 0 Å². The maximum atomic E-state index is 11.7. The summed E-state index contributed by atoms with van der Waals surface area (Å²) in [5, 5.41) is 2.94. The minimum Gasteiger partial charge on any atom is -0.326 e. The highest BCUT2D eigenvalue weighted by Crippen LogP contribution is 2.11. The Kier molecular flexibility index (Phi) is 4.15. The molecule has 1 fully saturated rings. The van der Waals surface area contributed by atoms with Gasteiger partial charge < -0.3 is 10.2 Å². The summed E-state index contributed by atoms with van der Waals surface area (Å²) in [6, 6.07) is 7.92. The maximum absolute atomic E-state index is 11.7. The molecule has 1 saturated heterocycles. The van der Waals surface area contributed by atoms with E-state index in [0.29, 0.717) is 6.42 Å². The van der Waals surface area contributed by atoms with E-state index in [1.54, 1.807) is 0 Å². The lowest BCUT2D eigenvalue weighted by molar-refractivity contribution is -0.116.